The first-order valence-corrected chi connectivity index (χ1v) is 9.05. The molecule has 7 nitrogen and oxygen atoms in total. The second kappa shape index (κ2) is 11.7. The molecular weight excluding hydrogens is 370 g/mol. The highest BCUT2D eigenvalue weighted by molar-refractivity contribution is 5.85. The Morgan fingerprint density at radius 3 is 2.67 bits per heavy atom. The molecule has 2 rings (SSSR count). The Bertz CT molecular complexity index is 627. The summed E-state index contributed by atoms with van der Waals surface area (Å²) in [5.74, 6) is 1.27. The summed E-state index contributed by atoms with van der Waals surface area (Å²) >= 11 is 0. The van der Waals surface area contributed by atoms with Crippen molar-refractivity contribution < 1.29 is 19.1 Å². The zero-order valence-corrected chi connectivity index (χ0v) is 16.8. The van der Waals surface area contributed by atoms with Crippen LogP contribution in [0.1, 0.15) is 24.8 Å². The second-order valence-electron chi connectivity index (χ2n) is 6.45. The standard InChI is InChI=1S/C19H29N3O4.ClH/c1-25-16-7-5-14(12-17(16)26-2)6-8-18(23)22-11-3-4-15(13-22)19(24)21-10-9-20;/h5,7,12,15H,3-4,6,8-11,13,20H2,1-2H3,(H,21,24);1H. The highest BCUT2D eigenvalue weighted by Crippen LogP contribution is 2.28. The van der Waals surface area contributed by atoms with Crippen LogP contribution in [-0.2, 0) is 16.0 Å². The molecule has 1 saturated heterocycles. The fourth-order valence-corrected chi connectivity index (χ4v) is 3.20. The van der Waals surface area contributed by atoms with Crippen LogP contribution in [0.15, 0.2) is 18.2 Å². The van der Waals surface area contributed by atoms with Gasteiger partial charge in [0, 0.05) is 32.6 Å². The van der Waals surface area contributed by atoms with E-state index in [0.717, 1.165) is 18.4 Å². The molecule has 27 heavy (non-hydrogen) atoms. The van der Waals surface area contributed by atoms with E-state index in [2.05, 4.69) is 5.32 Å². The molecule has 0 aromatic heterocycles. The first-order valence-electron chi connectivity index (χ1n) is 9.05. The van der Waals surface area contributed by atoms with Gasteiger partial charge >= 0.3 is 0 Å². The van der Waals surface area contributed by atoms with Gasteiger partial charge < -0.3 is 25.4 Å². The number of hydrogen-bond donors (Lipinski definition) is 2. The molecular formula is C19H30ClN3O4. The van der Waals surface area contributed by atoms with Crippen LogP contribution < -0.4 is 20.5 Å². The number of nitrogens with zero attached hydrogens (tertiary/aromatic N) is 1. The Morgan fingerprint density at radius 2 is 2.00 bits per heavy atom. The number of rotatable bonds is 8. The fraction of sp³-hybridized carbons (Fsp3) is 0.579. The first-order chi connectivity index (χ1) is 12.6. The molecule has 1 unspecified atom stereocenters. The summed E-state index contributed by atoms with van der Waals surface area (Å²) in [6, 6.07) is 5.68. The number of amides is 2. The molecule has 1 aromatic carbocycles. The quantitative estimate of drug-likeness (QED) is 0.688. The van der Waals surface area contributed by atoms with E-state index in [-0.39, 0.29) is 30.1 Å². The molecule has 0 saturated carbocycles. The van der Waals surface area contributed by atoms with Crippen LogP contribution in [0.4, 0.5) is 0 Å². The maximum Gasteiger partial charge on any atom is 0.224 e. The maximum atomic E-state index is 12.5. The Labute approximate surface area is 167 Å². The van der Waals surface area contributed by atoms with Crippen LogP contribution in [0, 0.1) is 5.92 Å². The summed E-state index contributed by atoms with van der Waals surface area (Å²) in [4.78, 5) is 26.5. The monoisotopic (exact) mass is 399 g/mol. The Balaban J connectivity index is 0.00000364. The summed E-state index contributed by atoms with van der Waals surface area (Å²) in [7, 11) is 3.19. The largest absolute Gasteiger partial charge is 0.493 e. The number of nitrogens with two attached hydrogens (primary N) is 1. The zero-order valence-electron chi connectivity index (χ0n) is 16.0. The molecule has 8 heteroatoms. The minimum atomic E-state index is -0.139. The van der Waals surface area contributed by atoms with Gasteiger partial charge in [0.25, 0.3) is 0 Å². The van der Waals surface area contributed by atoms with E-state index in [9.17, 15) is 9.59 Å². The third-order valence-corrected chi connectivity index (χ3v) is 4.66. The van der Waals surface area contributed by atoms with E-state index in [0.29, 0.717) is 50.5 Å². The van der Waals surface area contributed by atoms with Gasteiger partial charge in [0.05, 0.1) is 20.1 Å². The van der Waals surface area contributed by atoms with Crippen molar-refractivity contribution >= 4 is 24.2 Å². The third-order valence-electron chi connectivity index (χ3n) is 4.66. The van der Waals surface area contributed by atoms with Crippen LogP contribution in [0.2, 0.25) is 0 Å². The van der Waals surface area contributed by atoms with Crippen LogP contribution >= 0.6 is 12.4 Å². The number of carbonyl (C=O) groups excluding carboxylic acids is 2. The van der Waals surface area contributed by atoms with Crippen molar-refractivity contribution in [2.45, 2.75) is 25.7 Å². The van der Waals surface area contributed by atoms with E-state index < -0.39 is 0 Å². The van der Waals surface area contributed by atoms with Crippen molar-refractivity contribution in [2.24, 2.45) is 11.7 Å². The molecule has 1 heterocycles. The van der Waals surface area contributed by atoms with Gasteiger partial charge in [-0.2, -0.15) is 0 Å². The lowest BCUT2D eigenvalue weighted by atomic mass is 9.96. The molecule has 0 spiro atoms. The lowest BCUT2D eigenvalue weighted by Crippen LogP contribution is -2.46. The first kappa shape index (κ1) is 23.0. The van der Waals surface area contributed by atoms with E-state index in [1.807, 2.05) is 18.2 Å². The van der Waals surface area contributed by atoms with E-state index in [1.165, 1.54) is 0 Å². The number of halogens is 1. The normalized spacial score (nSPS) is 16.3. The van der Waals surface area contributed by atoms with Crippen molar-refractivity contribution in [3.63, 3.8) is 0 Å². The molecule has 152 valence electrons. The molecule has 1 aromatic rings. The minimum absolute atomic E-state index is 0. The van der Waals surface area contributed by atoms with Crippen LogP contribution in [0.25, 0.3) is 0 Å². The molecule has 2 amide bonds. The number of likely N-dealkylation sites (tertiary alicyclic amines) is 1. The number of ether oxygens (including phenoxy) is 2. The lowest BCUT2D eigenvalue weighted by molar-refractivity contribution is -0.135. The fourth-order valence-electron chi connectivity index (χ4n) is 3.20. The third kappa shape index (κ3) is 6.59. The molecule has 1 aliphatic heterocycles. The van der Waals surface area contributed by atoms with Crippen molar-refractivity contribution in [3.8, 4) is 11.5 Å². The van der Waals surface area contributed by atoms with E-state index in [4.69, 9.17) is 15.2 Å². The summed E-state index contributed by atoms with van der Waals surface area (Å²) in [6.45, 7) is 2.10. The van der Waals surface area contributed by atoms with Crippen LogP contribution in [0.5, 0.6) is 11.5 Å². The smallest absolute Gasteiger partial charge is 0.224 e. The van der Waals surface area contributed by atoms with Crippen molar-refractivity contribution in [3.05, 3.63) is 23.8 Å². The molecule has 1 fully saturated rings. The van der Waals surface area contributed by atoms with Gasteiger partial charge in [-0.1, -0.05) is 6.07 Å². The van der Waals surface area contributed by atoms with Gasteiger partial charge in [-0.25, -0.2) is 0 Å². The average molecular weight is 400 g/mol. The van der Waals surface area contributed by atoms with Gasteiger partial charge in [-0.15, -0.1) is 12.4 Å². The van der Waals surface area contributed by atoms with Crippen molar-refractivity contribution in [1.29, 1.82) is 0 Å². The topological polar surface area (TPSA) is 93.9 Å². The average Bonchev–Trinajstić information content (AvgIpc) is 2.69. The number of nitrogens with one attached hydrogen (secondary N) is 1. The SMILES string of the molecule is COc1ccc(CCC(=O)N2CCCC(C(=O)NCCN)C2)cc1OC.Cl. The molecule has 0 radical (unpaired) electrons. The highest BCUT2D eigenvalue weighted by atomic mass is 35.5. The Hall–Kier alpha value is -1.99. The molecule has 3 N–H and O–H groups in total. The van der Waals surface area contributed by atoms with Gasteiger partial charge in [-0.3, -0.25) is 9.59 Å². The molecule has 0 aliphatic carbocycles. The summed E-state index contributed by atoms with van der Waals surface area (Å²) < 4.78 is 10.5. The van der Waals surface area contributed by atoms with Crippen molar-refractivity contribution in [1.82, 2.24) is 10.2 Å². The summed E-state index contributed by atoms with van der Waals surface area (Å²) in [5.41, 5.74) is 6.44. The number of carbonyl (C=O) groups is 2. The minimum Gasteiger partial charge on any atom is -0.493 e. The summed E-state index contributed by atoms with van der Waals surface area (Å²) in [6.07, 6.45) is 2.70. The van der Waals surface area contributed by atoms with Gasteiger partial charge in [0.1, 0.15) is 0 Å². The number of benzene rings is 1. The number of piperidine rings is 1. The zero-order chi connectivity index (χ0) is 18.9. The second-order valence-corrected chi connectivity index (χ2v) is 6.45. The van der Waals surface area contributed by atoms with E-state index >= 15 is 0 Å². The summed E-state index contributed by atoms with van der Waals surface area (Å²) in [5, 5.41) is 2.82. The van der Waals surface area contributed by atoms with Gasteiger partial charge in [0.15, 0.2) is 11.5 Å². The Morgan fingerprint density at radius 1 is 1.26 bits per heavy atom. The maximum absolute atomic E-state index is 12.5. The lowest BCUT2D eigenvalue weighted by Gasteiger charge is -2.32. The number of hydrogen-bond acceptors (Lipinski definition) is 5. The van der Waals surface area contributed by atoms with Gasteiger partial charge in [-0.05, 0) is 37.0 Å². The highest BCUT2D eigenvalue weighted by Gasteiger charge is 2.27. The predicted octanol–water partition coefficient (Wildman–Crippen LogP) is 1.37. The van der Waals surface area contributed by atoms with Crippen molar-refractivity contribution in [2.75, 3.05) is 40.4 Å². The molecule has 1 atom stereocenters. The van der Waals surface area contributed by atoms with Crippen LogP contribution in [0.3, 0.4) is 0 Å². The molecule has 1 aliphatic rings. The predicted molar refractivity (Wildman–Crippen MR) is 106 cm³/mol. The van der Waals surface area contributed by atoms with Gasteiger partial charge in [0.2, 0.25) is 11.8 Å². The van der Waals surface area contributed by atoms with Crippen LogP contribution in [-0.4, -0.2) is 57.1 Å². The Kier molecular flexibility index (Phi) is 9.96. The number of methoxy groups -OCH3 is 2. The molecule has 0 bridgehead atoms. The number of aryl methyl sites for hydroxylation is 1. The van der Waals surface area contributed by atoms with E-state index in [1.54, 1.807) is 19.1 Å².